The van der Waals surface area contributed by atoms with Crippen LogP contribution in [-0.4, -0.2) is 48.9 Å². The number of thiazole rings is 1. The molecule has 1 saturated carbocycles. The van der Waals surface area contributed by atoms with Crippen LogP contribution in [0, 0.1) is 0 Å². The van der Waals surface area contributed by atoms with E-state index in [0.29, 0.717) is 12.0 Å². The molecule has 3 rings (SSSR count). The van der Waals surface area contributed by atoms with Crippen molar-refractivity contribution in [3.05, 3.63) is 10.6 Å². The first-order valence-corrected chi connectivity index (χ1v) is 7.41. The average molecular weight is 265 g/mol. The molecule has 2 fully saturated rings. The lowest BCUT2D eigenvalue weighted by atomic mass is 10.2. The van der Waals surface area contributed by atoms with Crippen LogP contribution in [0.4, 0.5) is 5.13 Å². The first-order chi connectivity index (χ1) is 8.69. The van der Waals surface area contributed by atoms with Crippen molar-refractivity contribution in [1.82, 2.24) is 9.88 Å². The van der Waals surface area contributed by atoms with E-state index in [1.54, 1.807) is 11.3 Å². The molecule has 1 unspecified atom stereocenters. The summed E-state index contributed by atoms with van der Waals surface area (Å²) < 4.78 is 0. The second kappa shape index (κ2) is 4.63. The van der Waals surface area contributed by atoms with E-state index >= 15 is 0 Å². The molecule has 98 valence electrons. The van der Waals surface area contributed by atoms with E-state index in [4.69, 9.17) is 4.98 Å². The second-order valence-electron chi connectivity index (χ2n) is 5.44. The third-order valence-electron chi connectivity index (χ3n) is 3.82. The van der Waals surface area contributed by atoms with Gasteiger partial charge >= 0.3 is 0 Å². The smallest absolute Gasteiger partial charge is 0.186 e. The standard InChI is InChI=1S/C13H19N3OS/c1-9-7-15(2)5-6-16(9)13-14-12(10-3-4-10)11(8-17)18-13/h8-10H,3-7H2,1-2H3. The molecule has 1 aliphatic carbocycles. The number of hydrogen-bond donors (Lipinski definition) is 0. The van der Waals surface area contributed by atoms with Crippen molar-refractivity contribution in [2.24, 2.45) is 0 Å². The Labute approximate surface area is 112 Å². The normalized spacial score (nSPS) is 25.4. The van der Waals surface area contributed by atoms with E-state index in [0.717, 1.165) is 41.6 Å². The lowest BCUT2D eigenvalue weighted by Crippen LogP contribution is -2.50. The largest absolute Gasteiger partial charge is 0.343 e. The van der Waals surface area contributed by atoms with Crippen molar-refractivity contribution >= 4 is 22.8 Å². The van der Waals surface area contributed by atoms with Crippen LogP contribution in [0.5, 0.6) is 0 Å². The molecule has 4 nitrogen and oxygen atoms in total. The highest BCUT2D eigenvalue weighted by Crippen LogP contribution is 2.43. The summed E-state index contributed by atoms with van der Waals surface area (Å²) in [5, 5.41) is 1.04. The first kappa shape index (κ1) is 12.1. The van der Waals surface area contributed by atoms with Gasteiger partial charge in [-0.3, -0.25) is 4.79 Å². The summed E-state index contributed by atoms with van der Waals surface area (Å²) in [6.07, 6.45) is 3.38. The number of hydrogen-bond acceptors (Lipinski definition) is 5. The minimum atomic E-state index is 0.474. The monoisotopic (exact) mass is 265 g/mol. The highest BCUT2D eigenvalue weighted by molar-refractivity contribution is 7.17. The molecule has 0 radical (unpaired) electrons. The molecule has 5 heteroatoms. The van der Waals surface area contributed by atoms with Crippen molar-refractivity contribution < 1.29 is 4.79 Å². The number of nitrogens with zero attached hydrogens (tertiary/aromatic N) is 3. The van der Waals surface area contributed by atoms with Gasteiger partial charge in [-0.25, -0.2) is 4.98 Å². The molecule has 0 spiro atoms. The zero-order chi connectivity index (χ0) is 12.7. The Kier molecular flexibility index (Phi) is 3.11. The Hall–Kier alpha value is -0.940. The van der Waals surface area contributed by atoms with E-state index < -0.39 is 0 Å². The number of aromatic nitrogens is 1. The molecule has 0 amide bonds. The van der Waals surface area contributed by atoms with Gasteiger partial charge in [0, 0.05) is 31.6 Å². The van der Waals surface area contributed by atoms with E-state index in [9.17, 15) is 4.79 Å². The Morgan fingerprint density at radius 2 is 2.17 bits per heavy atom. The van der Waals surface area contributed by atoms with Crippen molar-refractivity contribution in [2.45, 2.75) is 31.7 Å². The molecule has 0 bridgehead atoms. The van der Waals surface area contributed by atoms with Gasteiger partial charge in [-0.2, -0.15) is 0 Å². The lowest BCUT2D eigenvalue weighted by Gasteiger charge is -2.38. The fourth-order valence-electron chi connectivity index (χ4n) is 2.61. The first-order valence-electron chi connectivity index (χ1n) is 6.60. The van der Waals surface area contributed by atoms with E-state index in [1.807, 2.05) is 0 Å². The van der Waals surface area contributed by atoms with E-state index in [1.165, 1.54) is 12.8 Å². The Morgan fingerprint density at radius 3 is 2.78 bits per heavy atom. The summed E-state index contributed by atoms with van der Waals surface area (Å²) in [4.78, 5) is 21.4. The maximum Gasteiger partial charge on any atom is 0.186 e. The molecule has 18 heavy (non-hydrogen) atoms. The van der Waals surface area contributed by atoms with Gasteiger partial charge in [0.1, 0.15) is 0 Å². The molecule has 2 heterocycles. The third kappa shape index (κ3) is 2.17. The molecule has 1 saturated heterocycles. The van der Waals surface area contributed by atoms with Gasteiger partial charge in [0.15, 0.2) is 11.4 Å². The third-order valence-corrected chi connectivity index (χ3v) is 4.85. The molecule has 1 atom stereocenters. The van der Waals surface area contributed by atoms with Crippen LogP contribution in [0.15, 0.2) is 0 Å². The zero-order valence-electron chi connectivity index (χ0n) is 10.9. The van der Waals surface area contributed by atoms with Gasteiger partial charge < -0.3 is 9.80 Å². The van der Waals surface area contributed by atoms with Crippen LogP contribution in [0.2, 0.25) is 0 Å². The van der Waals surface area contributed by atoms with Crippen LogP contribution in [0.25, 0.3) is 0 Å². The summed E-state index contributed by atoms with van der Waals surface area (Å²) >= 11 is 1.57. The highest BCUT2D eigenvalue weighted by Gasteiger charge is 2.32. The van der Waals surface area contributed by atoms with E-state index in [2.05, 4.69) is 23.8 Å². The minimum absolute atomic E-state index is 0.474. The van der Waals surface area contributed by atoms with Crippen molar-refractivity contribution in [3.63, 3.8) is 0 Å². The molecule has 0 N–H and O–H groups in total. The van der Waals surface area contributed by atoms with Crippen molar-refractivity contribution in [1.29, 1.82) is 0 Å². The van der Waals surface area contributed by atoms with Gasteiger partial charge in [-0.15, -0.1) is 0 Å². The molecule has 1 aliphatic heterocycles. The van der Waals surface area contributed by atoms with Gasteiger partial charge in [-0.1, -0.05) is 11.3 Å². The summed E-state index contributed by atoms with van der Waals surface area (Å²) in [5.74, 6) is 0.554. The summed E-state index contributed by atoms with van der Waals surface area (Å²) in [6, 6.07) is 0.474. The van der Waals surface area contributed by atoms with Crippen molar-refractivity contribution in [3.8, 4) is 0 Å². The fourth-order valence-corrected chi connectivity index (χ4v) is 3.71. The topological polar surface area (TPSA) is 36.4 Å². The number of rotatable bonds is 3. The van der Waals surface area contributed by atoms with Crippen LogP contribution in [0.1, 0.15) is 41.0 Å². The number of likely N-dealkylation sites (N-methyl/N-ethyl adjacent to an activating group) is 1. The molecular formula is C13H19N3OS. The average Bonchev–Trinajstić information content (AvgIpc) is 3.10. The van der Waals surface area contributed by atoms with Crippen LogP contribution in [0.3, 0.4) is 0 Å². The van der Waals surface area contributed by atoms with Gasteiger partial charge in [-0.05, 0) is 26.8 Å². The molecule has 1 aromatic rings. The fraction of sp³-hybridized carbons (Fsp3) is 0.692. The lowest BCUT2D eigenvalue weighted by molar-refractivity contribution is 0.112. The molecule has 0 aromatic carbocycles. The highest BCUT2D eigenvalue weighted by atomic mass is 32.1. The molecule has 2 aliphatic rings. The maximum absolute atomic E-state index is 11.1. The van der Waals surface area contributed by atoms with Crippen molar-refractivity contribution in [2.75, 3.05) is 31.6 Å². The van der Waals surface area contributed by atoms with Gasteiger partial charge in [0.25, 0.3) is 0 Å². The van der Waals surface area contributed by atoms with E-state index in [-0.39, 0.29) is 0 Å². The van der Waals surface area contributed by atoms with Gasteiger partial charge in [0.05, 0.1) is 10.6 Å². The number of carbonyl (C=O) groups is 1. The van der Waals surface area contributed by atoms with Crippen LogP contribution >= 0.6 is 11.3 Å². The summed E-state index contributed by atoms with van der Waals surface area (Å²) in [6.45, 7) is 5.37. The molecule has 1 aromatic heterocycles. The van der Waals surface area contributed by atoms with Gasteiger partial charge in [0.2, 0.25) is 0 Å². The van der Waals surface area contributed by atoms with Crippen LogP contribution in [-0.2, 0) is 0 Å². The summed E-state index contributed by atoms with van der Waals surface area (Å²) in [7, 11) is 2.15. The number of carbonyl (C=O) groups excluding carboxylic acids is 1. The summed E-state index contributed by atoms with van der Waals surface area (Å²) in [5.41, 5.74) is 1.05. The zero-order valence-corrected chi connectivity index (χ0v) is 11.7. The Balaban J connectivity index is 1.85. The second-order valence-corrected chi connectivity index (χ2v) is 6.45. The SMILES string of the molecule is CC1CN(C)CCN1c1nc(C2CC2)c(C=O)s1. The molecular weight excluding hydrogens is 246 g/mol. The van der Waals surface area contributed by atoms with Crippen LogP contribution < -0.4 is 4.90 Å². The predicted octanol–water partition coefficient (Wildman–Crippen LogP) is 1.97. The number of anilines is 1. The Bertz CT molecular complexity index is 455. The quantitative estimate of drug-likeness (QED) is 0.783. The minimum Gasteiger partial charge on any atom is -0.343 e. The number of piperazine rings is 1. The maximum atomic E-state index is 11.1. The Morgan fingerprint density at radius 1 is 1.39 bits per heavy atom. The predicted molar refractivity (Wildman–Crippen MR) is 73.8 cm³/mol. The number of aldehydes is 1.